The number of halogens is 7. The van der Waals surface area contributed by atoms with Crippen molar-refractivity contribution in [3.63, 3.8) is 0 Å². The lowest BCUT2D eigenvalue weighted by atomic mass is 9.72. The summed E-state index contributed by atoms with van der Waals surface area (Å²) in [7, 11) is 5.20. The Morgan fingerprint density at radius 2 is 1.29 bits per heavy atom. The van der Waals surface area contributed by atoms with Crippen LogP contribution in [0, 0.1) is 5.82 Å². The number of carbonyl (C=O) groups is 5. The van der Waals surface area contributed by atoms with Gasteiger partial charge in [0.1, 0.15) is 24.8 Å². The van der Waals surface area contributed by atoms with Gasteiger partial charge in [0.25, 0.3) is 11.8 Å². The first kappa shape index (κ1) is 70.4. The summed E-state index contributed by atoms with van der Waals surface area (Å²) in [6.45, 7) is 4.80. The summed E-state index contributed by atoms with van der Waals surface area (Å²) >= 11 is 0. The molecule has 16 nitrogen and oxygen atoms in total. The first-order chi connectivity index (χ1) is 45.9. The highest BCUT2D eigenvalue weighted by molar-refractivity contribution is 5.96. The fourth-order valence-corrected chi connectivity index (χ4v) is 13.9. The smallest absolute Gasteiger partial charge is 0.416 e. The van der Waals surface area contributed by atoms with Crippen LogP contribution in [0.1, 0.15) is 106 Å². The maximum Gasteiger partial charge on any atom is 0.416 e. The number of likely N-dealkylation sites (tertiary alicyclic amines) is 2. The molecule has 96 heavy (non-hydrogen) atoms. The molecule has 0 bridgehead atoms. The van der Waals surface area contributed by atoms with E-state index in [-0.39, 0.29) is 68.6 Å². The number of benzene rings is 6. The van der Waals surface area contributed by atoms with E-state index in [2.05, 4.69) is 27.2 Å². The fraction of sp³-hybridized carbons (Fsp3) is 0.438. The minimum absolute atomic E-state index is 0.0311. The van der Waals surface area contributed by atoms with Crippen LogP contribution in [0.2, 0.25) is 0 Å². The molecule has 5 amide bonds. The van der Waals surface area contributed by atoms with Crippen LogP contribution in [0.3, 0.4) is 0 Å². The molecule has 0 unspecified atom stereocenters. The average Bonchev–Trinajstić information content (AvgIpc) is 1.58. The van der Waals surface area contributed by atoms with E-state index < -0.39 is 64.6 Å². The molecular weight excluding hydrogens is 1250 g/mol. The van der Waals surface area contributed by atoms with E-state index >= 15 is 0 Å². The molecular formula is C73H83F7N8O8. The summed E-state index contributed by atoms with van der Waals surface area (Å²) in [5.74, 6) is -1.96. The summed E-state index contributed by atoms with van der Waals surface area (Å²) < 4.78 is 110. The van der Waals surface area contributed by atoms with Gasteiger partial charge in [-0.2, -0.15) is 26.3 Å². The van der Waals surface area contributed by atoms with Crippen molar-refractivity contribution < 1.29 is 69.3 Å². The predicted octanol–water partition coefficient (Wildman–Crippen LogP) is 12.5. The predicted molar refractivity (Wildman–Crippen MR) is 351 cm³/mol. The molecule has 3 saturated heterocycles. The topological polar surface area (TPSA) is 159 Å². The molecule has 3 aliphatic heterocycles. The van der Waals surface area contributed by atoms with Gasteiger partial charge < -0.3 is 49.3 Å². The van der Waals surface area contributed by atoms with Crippen LogP contribution < -0.4 is 10.2 Å². The molecule has 2 atom stereocenters. The number of alkyl halides is 6. The highest BCUT2D eigenvalue weighted by Crippen LogP contribution is 2.49. The molecule has 0 radical (unpaired) electrons. The lowest BCUT2D eigenvalue weighted by Crippen LogP contribution is -2.50. The molecule has 3 fully saturated rings. The highest BCUT2D eigenvalue weighted by atomic mass is 19.4. The number of amides is 5. The Morgan fingerprint density at radius 3 is 1.97 bits per heavy atom. The molecule has 1 aliphatic carbocycles. The van der Waals surface area contributed by atoms with Gasteiger partial charge in [0.05, 0.1) is 29.5 Å². The van der Waals surface area contributed by atoms with Gasteiger partial charge in [-0.05, 0) is 147 Å². The minimum Gasteiger partial charge on any atom is -0.465 e. The second kappa shape index (κ2) is 30.8. The quantitative estimate of drug-likeness (QED) is 0.0415. The second-order valence-corrected chi connectivity index (χ2v) is 25.8. The molecule has 6 aromatic carbocycles. The van der Waals surface area contributed by atoms with Gasteiger partial charge in [0.15, 0.2) is 0 Å². The Balaban J connectivity index is 0.625. The summed E-state index contributed by atoms with van der Waals surface area (Å²) in [5, 5.41) is 13.8. The van der Waals surface area contributed by atoms with Gasteiger partial charge in [-0.15, -0.1) is 0 Å². The number of ether oxygens (including phenoxy) is 2. The number of fused-ring (bicyclic) bond motifs is 2. The molecule has 6 aromatic rings. The lowest BCUT2D eigenvalue weighted by Gasteiger charge is -2.44. The molecule has 0 saturated carbocycles. The second-order valence-electron chi connectivity index (χ2n) is 25.8. The standard InChI is InChI=1S/C73H83F7N8O8/c1-82(42-43-85-35-29-60(30-36-85)88(69(93)94)63-19-12-10-17-61(63)51-14-6-4-7-15-51)65(89)20-8-5-13-34-81-59-27-21-52(22-28-59)67(91)84(3)41-40-83(2)66(90)48-95-64-46-53-16-9-11-18-62(53)70(64)31-37-86(38-32-70)39-33-71(55-23-25-58(74)26-24-55)49-87(50-96-71)68(92)54-44-56(72(75,76)77)47-57(45-54)73(78,79)80/h4,6-7,9-12,14-19,21-28,44-45,47,60,64,81H,5,8,13,20,29-43,46,48-50H2,1-3H3,(H,93,94)/t64-,71-/m0/s1. The van der Waals surface area contributed by atoms with Crippen molar-refractivity contribution >= 4 is 41.1 Å². The number of rotatable bonds is 25. The number of nitrogens with zero attached hydrogens (tertiary/aromatic N) is 7. The van der Waals surface area contributed by atoms with E-state index in [1.54, 1.807) is 40.9 Å². The lowest BCUT2D eigenvalue weighted by molar-refractivity contribution is -0.143. The first-order valence-corrected chi connectivity index (χ1v) is 32.8. The third-order valence-electron chi connectivity index (χ3n) is 19.6. The number of hydrogen-bond acceptors (Lipinski definition) is 10. The van der Waals surface area contributed by atoms with Gasteiger partial charge in [-0.25, -0.2) is 9.18 Å². The van der Waals surface area contributed by atoms with E-state index in [1.807, 2.05) is 85.9 Å². The van der Waals surface area contributed by atoms with Crippen LogP contribution in [0.15, 0.2) is 146 Å². The number of carboxylic acid groups (broad SMARTS) is 1. The SMILES string of the molecule is CN(CCN1CCC(N(C(=O)O)c2ccccc2-c2ccccc2)CC1)C(=O)CCCCCNc1ccc(C(=O)N(C)CCN(C)C(=O)CO[C@H]2Cc3ccccc3C23CCN(CC[C@@]2(c4ccc(F)cc4)CN(C(=O)c4cc(C(F)(F)F)cc(C(F)(F)F)c4)CO2)CC3)cc1. The van der Waals surface area contributed by atoms with Crippen molar-refractivity contribution in [1.29, 1.82) is 0 Å². The Labute approximate surface area is 555 Å². The number of nitrogens with one attached hydrogen (secondary N) is 1. The number of para-hydroxylation sites is 1. The Morgan fingerprint density at radius 1 is 0.667 bits per heavy atom. The number of hydrogen-bond donors (Lipinski definition) is 2. The Hall–Kier alpha value is -8.38. The average molecular weight is 1330 g/mol. The van der Waals surface area contributed by atoms with Gasteiger partial charge in [-0.3, -0.25) is 24.1 Å². The fourth-order valence-electron chi connectivity index (χ4n) is 13.9. The van der Waals surface area contributed by atoms with Crippen LogP contribution in [0.25, 0.3) is 11.1 Å². The summed E-state index contributed by atoms with van der Waals surface area (Å²) in [6.07, 6.45) is -5.11. The zero-order chi connectivity index (χ0) is 68.4. The largest absolute Gasteiger partial charge is 0.465 e. The van der Waals surface area contributed by atoms with Crippen LogP contribution in [-0.4, -0.2) is 183 Å². The monoisotopic (exact) mass is 1330 g/mol. The van der Waals surface area contributed by atoms with E-state index in [9.17, 15) is 59.8 Å². The van der Waals surface area contributed by atoms with Crippen LogP contribution in [0.4, 0.5) is 46.9 Å². The third kappa shape index (κ3) is 16.9. The highest BCUT2D eigenvalue weighted by Gasteiger charge is 2.50. The van der Waals surface area contributed by atoms with Crippen molar-refractivity contribution in [3.05, 3.63) is 190 Å². The van der Waals surface area contributed by atoms with E-state index in [0.717, 1.165) is 71.7 Å². The van der Waals surface area contributed by atoms with E-state index in [1.165, 1.54) is 29.2 Å². The number of unbranched alkanes of at least 4 members (excludes halogenated alkanes) is 2. The number of piperidine rings is 2. The minimum atomic E-state index is -5.15. The van der Waals surface area contributed by atoms with Crippen LogP contribution >= 0.6 is 0 Å². The van der Waals surface area contributed by atoms with Gasteiger partial charge >= 0.3 is 18.4 Å². The maximum atomic E-state index is 14.2. The van der Waals surface area contributed by atoms with Gasteiger partial charge in [0, 0.05) is 114 Å². The van der Waals surface area contributed by atoms with Gasteiger partial charge in [0.2, 0.25) is 11.8 Å². The summed E-state index contributed by atoms with van der Waals surface area (Å²) in [5.41, 5.74) is 0.955. The normalized spacial score (nSPS) is 18.3. The molecule has 23 heteroatoms. The number of anilines is 2. The Bertz CT molecular complexity index is 3630. The number of carbonyl (C=O) groups excluding carboxylic acids is 4. The molecule has 512 valence electrons. The van der Waals surface area contributed by atoms with Crippen molar-refractivity contribution in [2.75, 3.05) is 117 Å². The van der Waals surface area contributed by atoms with Crippen molar-refractivity contribution in [1.82, 2.24) is 29.4 Å². The van der Waals surface area contributed by atoms with Crippen molar-refractivity contribution in [3.8, 4) is 11.1 Å². The molecule has 2 N–H and O–H groups in total. The molecule has 3 heterocycles. The van der Waals surface area contributed by atoms with Crippen molar-refractivity contribution in [2.45, 2.75) is 99.7 Å². The van der Waals surface area contributed by atoms with E-state index in [0.29, 0.717) is 100 Å². The zero-order valence-corrected chi connectivity index (χ0v) is 54.4. The summed E-state index contributed by atoms with van der Waals surface area (Å²) in [4.78, 5) is 78.7. The first-order valence-electron chi connectivity index (χ1n) is 32.8. The van der Waals surface area contributed by atoms with Crippen LogP contribution in [-0.2, 0) is 48.9 Å². The maximum absolute atomic E-state index is 14.2. The molecule has 4 aliphatic rings. The van der Waals surface area contributed by atoms with Gasteiger partial charge in [-0.1, -0.05) is 91.3 Å². The summed E-state index contributed by atoms with van der Waals surface area (Å²) in [6, 6.07) is 38.9. The van der Waals surface area contributed by atoms with Crippen LogP contribution in [0.5, 0.6) is 0 Å². The molecule has 1 spiro atoms. The molecule has 0 aromatic heterocycles. The van der Waals surface area contributed by atoms with Crippen molar-refractivity contribution in [2.24, 2.45) is 0 Å². The number of likely N-dealkylation sites (N-methyl/N-ethyl adjacent to an activating group) is 3. The zero-order valence-electron chi connectivity index (χ0n) is 54.4. The Kier molecular flexibility index (Phi) is 22.6. The molecule has 10 rings (SSSR count). The third-order valence-corrected chi connectivity index (χ3v) is 19.6. The van der Waals surface area contributed by atoms with E-state index in [4.69, 9.17) is 9.47 Å².